The van der Waals surface area contributed by atoms with Crippen LogP contribution in [0.4, 0.5) is 11.4 Å². The van der Waals surface area contributed by atoms with Crippen molar-refractivity contribution in [2.45, 2.75) is 19.2 Å². The van der Waals surface area contributed by atoms with Crippen molar-refractivity contribution < 1.29 is 28.7 Å². The van der Waals surface area contributed by atoms with Crippen molar-refractivity contribution >= 4 is 58.2 Å². The first-order valence-electron chi connectivity index (χ1n) is 11.3. The molecule has 0 aliphatic carbocycles. The van der Waals surface area contributed by atoms with E-state index in [-0.39, 0.29) is 24.6 Å². The number of hydrogen-bond donors (Lipinski definition) is 0. The number of amides is 2. The second-order valence-corrected chi connectivity index (χ2v) is 8.29. The predicted octanol–water partition coefficient (Wildman–Crippen LogP) is 2.76. The number of carbonyl (C=O) groups excluding carboxylic acids is 4. The summed E-state index contributed by atoms with van der Waals surface area (Å²) < 4.78 is 10.2. The highest BCUT2D eigenvalue weighted by atomic mass is 35.5. The average molecular weight is 511 g/mol. The number of hydrazone groups is 2. The number of benzene rings is 2. The second kappa shape index (κ2) is 10.7. The highest BCUT2D eigenvalue weighted by Crippen LogP contribution is 2.36. The van der Waals surface area contributed by atoms with Gasteiger partial charge in [-0.3, -0.25) is 9.59 Å². The zero-order valence-electron chi connectivity index (χ0n) is 19.5. The number of anilines is 2. The van der Waals surface area contributed by atoms with Gasteiger partial charge in [0.25, 0.3) is 11.8 Å². The number of halogens is 1. The Morgan fingerprint density at radius 1 is 0.778 bits per heavy atom. The number of para-hydroxylation sites is 2. The second-order valence-electron chi connectivity index (χ2n) is 7.78. The van der Waals surface area contributed by atoms with Gasteiger partial charge in [0.2, 0.25) is 0 Å². The van der Waals surface area contributed by atoms with E-state index in [0.29, 0.717) is 11.4 Å². The lowest BCUT2D eigenvalue weighted by atomic mass is 9.86. The van der Waals surface area contributed by atoms with E-state index in [1.165, 1.54) is 0 Å². The van der Waals surface area contributed by atoms with Crippen LogP contribution in [0.5, 0.6) is 0 Å². The predicted molar refractivity (Wildman–Crippen MR) is 133 cm³/mol. The summed E-state index contributed by atoms with van der Waals surface area (Å²) in [7, 11) is 0. The standard InChI is InChI=1S/C25H23ClN4O6/c1-3-35-24(33)20-17(22(31)29(27-20)15-11-7-5-8-12-15)19(26)18-21(25(34)36-4-2)28-30(23(18)32)16-13-9-6-10-14-16/h5-14,17-19H,3-4H2,1-2H3/t17-,18-/m0/s1. The van der Waals surface area contributed by atoms with Gasteiger partial charge in [0.15, 0.2) is 11.4 Å². The van der Waals surface area contributed by atoms with Crippen LogP contribution in [0.3, 0.4) is 0 Å². The van der Waals surface area contributed by atoms with Crippen LogP contribution < -0.4 is 10.0 Å². The molecule has 0 saturated heterocycles. The van der Waals surface area contributed by atoms with Crippen LogP contribution in [-0.2, 0) is 28.7 Å². The Kier molecular flexibility index (Phi) is 7.44. The molecule has 0 N–H and O–H groups in total. The van der Waals surface area contributed by atoms with Crippen molar-refractivity contribution in [3.8, 4) is 0 Å². The largest absolute Gasteiger partial charge is 0.461 e. The van der Waals surface area contributed by atoms with E-state index in [4.69, 9.17) is 21.1 Å². The molecular formula is C25H23ClN4O6. The van der Waals surface area contributed by atoms with Gasteiger partial charge in [-0.05, 0) is 38.1 Å². The third-order valence-electron chi connectivity index (χ3n) is 5.56. The lowest BCUT2D eigenvalue weighted by Gasteiger charge is -2.23. The van der Waals surface area contributed by atoms with Gasteiger partial charge in [-0.2, -0.15) is 20.2 Å². The van der Waals surface area contributed by atoms with Gasteiger partial charge in [0.05, 0.1) is 30.0 Å². The van der Waals surface area contributed by atoms with Crippen LogP contribution >= 0.6 is 11.6 Å². The van der Waals surface area contributed by atoms with Crippen LogP contribution in [0.1, 0.15) is 13.8 Å². The van der Waals surface area contributed by atoms with Gasteiger partial charge in [-0.1, -0.05) is 36.4 Å². The van der Waals surface area contributed by atoms with Crippen LogP contribution in [-0.4, -0.2) is 53.8 Å². The molecule has 0 unspecified atom stereocenters. The van der Waals surface area contributed by atoms with Gasteiger partial charge < -0.3 is 9.47 Å². The van der Waals surface area contributed by atoms with Crippen LogP contribution in [0.25, 0.3) is 0 Å². The molecule has 2 aliphatic heterocycles. The summed E-state index contributed by atoms with van der Waals surface area (Å²) in [4.78, 5) is 52.6. The molecule has 2 amide bonds. The summed E-state index contributed by atoms with van der Waals surface area (Å²) in [6, 6.07) is 16.9. The van der Waals surface area contributed by atoms with E-state index in [1.54, 1.807) is 74.5 Å². The molecule has 186 valence electrons. The van der Waals surface area contributed by atoms with Crippen molar-refractivity contribution in [3.63, 3.8) is 0 Å². The topological polar surface area (TPSA) is 118 Å². The summed E-state index contributed by atoms with van der Waals surface area (Å²) in [5, 5.41) is 9.10. The summed E-state index contributed by atoms with van der Waals surface area (Å²) in [6.45, 7) is 3.30. The van der Waals surface area contributed by atoms with E-state index >= 15 is 0 Å². The fraction of sp³-hybridized carbons (Fsp3) is 0.280. The molecule has 36 heavy (non-hydrogen) atoms. The minimum Gasteiger partial charge on any atom is -0.461 e. The summed E-state index contributed by atoms with van der Waals surface area (Å²) in [6.07, 6.45) is 0. The molecule has 0 bridgehead atoms. The Hall–Kier alpha value is -4.05. The van der Waals surface area contributed by atoms with Crippen LogP contribution in [0, 0.1) is 11.8 Å². The Bertz CT molecular complexity index is 1140. The van der Waals surface area contributed by atoms with E-state index in [0.717, 1.165) is 10.0 Å². The molecule has 2 atom stereocenters. The molecule has 4 rings (SSSR count). The van der Waals surface area contributed by atoms with E-state index in [1.807, 2.05) is 0 Å². The molecule has 0 fully saturated rings. The van der Waals surface area contributed by atoms with Gasteiger partial charge in [-0.15, -0.1) is 11.6 Å². The summed E-state index contributed by atoms with van der Waals surface area (Å²) >= 11 is 6.79. The molecule has 2 aromatic rings. The molecule has 2 aromatic carbocycles. The minimum atomic E-state index is -1.39. The minimum absolute atomic E-state index is 0.0384. The summed E-state index contributed by atoms with van der Waals surface area (Å²) in [5.41, 5.74) is 0.275. The number of hydrogen-bond acceptors (Lipinski definition) is 8. The maximum atomic E-state index is 13.5. The van der Waals surface area contributed by atoms with Crippen LogP contribution in [0.2, 0.25) is 0 Å². The lowest BCUT2D eigenvalue weighted by Crippen LogP contribution is -2.46. The fourth-order valence-electron chi connectivity index (χ4n) is 3.96. The quantitative estimate of drug-likeness (QED) is 0.398. The van der Waals surface area contributed by atoms with Gasteiger partial charge in [-0.25, -0.2) is 9.59 Å². The van der Waals surface area contributed by atoms with Gasteiger partial charge in [0.1, 0.15) is 11.8 Å². The molecule has 10 nitrogen and oxygen atoms in total. The van der Waals surface area contributed by atoms with Crippen molar-refractivity contribution in [2.24, 2.45) is 22.0 Å². The van der Waals surface area contributed by atoms with Crippen LogP contribution in [0.15, 0.2) is 70.9 Å². The smallest absolute Gasteiger partial charge is 0.355 e. The Morgan fingerprint density at radius 2 is 1.14 bits per heavy atom. The molecule has 2 aliphatic rings. The molecule has 0 spiro atoms. The molecule has 0 aromatic heterocycles. The van der Waals surface area contributed by atoms with E-state index in [2.05, 4.69) is 10.2 Å². The SMILES string of the molecule is CCOC(=O)C1=NN(c2ccccc2)C(=O)[C@H]1C(Cl)[C@@H]1C(=O)N(c2ccccc2)N=C1C(=O)OCC. The third kappa shape index (κ3) is 4.59. The Balaban J connectivity index is 1.74. The Morgan fingerprint density at radius 3 is 1.47 bits per heavy atom. The highest BCUT2D eigenvalue weighted by molar-refractivity contribution is 6.50. The molecule has 11 heteroatoms. The van der Waals surface area contributed by atoms with Gasteiger partial charge >= 0.3 is 11.9 Å². The number of esters is 2. The number of ether oxygens (including phenoxy) is 2. The maximum absolute atomic E-state index is 13.5. The molecule has 0 saturated carbocycles. The van der Waals surface area contributed by atoms with Crippen molar-refractivity contribution in [1.29, 1.82) is 0 Å². The number of carbonyl (C=O) groups is 4. The van der Waals surface area contributed by atoms with Crippen molar-refractivity contribution in [1.82, 2.24) is 0 Å². The first-order valence-corrected chi connectivity index (χ1v) is 11.8. The van der Waals surface area contributed by atoms with Gasteiger partial charge in [0, 0.05) is 0 Å². The van der Waals surface area contributed by atoms with E-state index in [9.17, 15) is 19.2 Å². The maximum Gasteiger partial charge on any atom is 0.355 e. The third-order valence-corrected chi connectivity index (χ3v) is 6.07. The molecule has 2 heterocycles. The number of nitrogens with zero attached hydrogens (tertiary/aromatic N) is 4. The Labute approximate surface area is 212 Å². The average Bonchev–Trinajstić information content (AvgIpc) is 3.42. The zero-order valence-corrected chi connectivity index (χ0v) is 20.3. The van der Waals surface area contributed by atoms with Crippen molar-refractivity contribution in [3.05, 3.63) is 60.7 Å². The first-order chi connectivity index (χ1) is 17.4. The zero-order chi connectivity index (χ0) is 25.8. The lowest BCUT2D eigenvalue weighted by molar-refractivity contribution is -0.136. The highest BCUT2D eigenvalue weighted by Gasteiger charge is 2.54. The monoisotopic (exact) mass is 510 g/mol. The normalized spacial score (nSPS) is 19.4. The summed E-state index contributed by atoms with van der Waals surface area (Å²) in [5.74, 6) is -5.73. The molecule has 0 radical (unpaired) electrons. The molecular weight excluding hydrogens is 488 g/mol. The van der Waals surface area contributed by atoms with Crippen molar-refractivity contribution in [2.75, 3.05) is 23.2 Å². The first kappa shape index (κ1) is 25.1. The number of rotatable bonds is 8. The van der Waals surface area contributed by atoms with E-state index < -0.39 is 41.0 Å². The fourth-order valence-corrected chi connectivity index (χ4v) is 4.41. The number of alkyl halides is 1.